The third-order valence-electron chi connectivity index (χ3n) is 5.74. The number of amides is 1. The number of carbonyl (C=O) groups is 1. The summed E-state index contributed by atoms with van der Waals surface area (Å²) in [6.45, 7) is 6.12. The predicted molar refractivity (Wildman–Crippen MR) is 126 cm³/mol. The van der Waals surface area contributed by atoms with Gasteiger partial charge in [-0.2, -0.15) is 4.31 Å². The fourth-order valence-corrected chi connectivity index (χ4v) is 5.81. The first-order chi connectivity index (χ1) is 14.9. The van der Waals surface area contributed by atoms with Gasteiger partial charge in [0.2, 0.25) is 26.0 Å². The van der Waals surface area contributed by atoms with Gasteiger partial charge in [-0.15, -0.1) is 0 Å². The minimum Gasteiger partial charge on any atom is -0.326 e. The van der Waals surface area contributed by atoms with Gasteiger partial charge in [-0.25, -0.2) is 16.8 Å². The highest BCUT2D eigenvalue weighted by molar-refractivity contribution is 7.92. The fraction of sp³-hybridized carbons (Fsp3) is 0.409. The molecule has 8 nitrogen and oxygen atoms in total. The van der Waals surface area contributed by atoms with E-state index in [4.69, 9.17) is 0 Å². The largest absolute Gasteiger partial charge is 0.326 e. The minimum atomic E-state index is -3.60. The van der Waals surface area contributed by atoms with E-state index >= 15 is 0 Å². The van der Waals surface area contributed by atoms with Gasteiger partial charge in [-0.05, 0) is 74.6 Å². The van der Waals surface area contributed by atoms with Crippen molar-refractivity contribution in [1.82, 2.24) is 4.31 Å². The molecular formula is C22H29N3O5S2. The zero-order valence-electron chi connectivity index (χ0n) is 18.7. The second kappa shape index (κ2) is 9.21. The number of aryl methyl sites for hydroxylation is 3. The van der Waals surface area contributed by atoms with Gasteiger partial charge in [0.25, 0.3) is 0 Å². The Balaban J connectivity index is 1.64. The van der Waals surface area contributed by atoms with Gasteiger partial charge >= 0.3 is 0 Å². The van der Waals surface area contributed by atoms with E-state index in [0.717, 1.165) is 22.9 Å². The molecule has 1 fully saturated rings. The molecule has 0 atom stereocenters. The summed E-state index contributed by atoms with van der Waals surface area (Å²) < 4.78 is 52.9. The zero-order chi connectivity index (χ0) is 23.7. The van der Waals surface area contributed by atoms with Crippen molar-refractivity contribution in [2.45, 2.75) is 38.5 Å². The molecule has 1 heterocycles. The highest BCUT2D eigenvalue weighted by Gasteiger charge is 2.32. The van der Waals surface area contributed by atoms with Crippen LogP contribution in [0.15, 0.2) is 41.3 Å². The monoisotopic (exact) mass is 479 g/mol. The number of sulfonamides is 2. The summed E-state index contributed by atoms with van der Waals surface area (Å²) in [6.07, 6.45) is 1.89. The fourth-order valence-electron chi connectivity index (χ4n) is 3.64. The maximum atomic E-state index is 13.0. The van der Waals surface area contributed by atoms with Crippen molar-refractivity contribution in [2.75, 3.05) is 29.4 Å². The van der Waals surface area contributed by atoms with Crippen molar-refractivity contribution >= 4 is 37.3 Å². The van der Waals surface area contributed by atoms with Crippen LogP contribution in [0.25, 0.3) is 0 Å². The first-order valence-corrected chi connectivity index (χ1v) is 13.7. The Morgan fingerprint density at radius 2 is 1.53 bits per heavy atom. The molecule has 0 bridgehead atoms. The number of nitrogens with one attached hydrogen (secondary N) is 2. The molecule has 1 aliphatic rings. The smallest absolute Gasteiger partial charge is 0.243 e. The summed E-state index contributed by atoms with van der Waals surface area (Å²) in [5.74, 6) is -0.531. The molecule has 0 aliphatic carbocycles. The molecule has 1 aliphatic heterocycles. The van der Waals surface area contributed by atoms with E-state index in [-0.39, 0.29) is 29.8 Å². The summed E-state index contributed by atoms with van der Waals surface area (Å²) in [5.41, 5.74) is 3.57. The number of piperidine rings is 1. The van der Waals surface area contributed by atoms with E-state index in [1.165, 1.54) is 4.31 Å². The van der Waals surface area contributed by atoms with Crippen LogP contribution in [0.2, 0.25) is 0 Å². The molecule has 1 amide bonds. The normalized spacial score (nSPS) is 16.0. The molecule has 0 unspecified atom stereocenters. The van der Waals surface area contributed by atoms with Crippen molar-refractivity contribution in [3.8, 4) is 0 Å². The van der Waals surface area contributed by atoms with Gasteiger partial charge in [0, 0.05) is 24.7 Å². The summed E-state index contributed by atoms with van der Waals surface area (Å²) in [5, 5.41) is 2.82. The number of carbonyl (C=O) groups excluding carboxylic acids is 1. The Hall–Kier alpha value is -2.43. The highest BCUT2D eigenvalue weighted by Crippen LogP contribution is 2.27. The summed E-state index contributed by atoms with van der Waals surface area (Å²) >= 11 is 0. The number of anilines is 2. The first kappa shape index (κ1) is 24.2. The van der Waals surface area contributed by atoms with Gasteiger partial charge in [-0.1, -0.05) is 12.1 Å². The van der Waals surface area contributed by atoms with E-state index in [0.29, 0.717) is 24.2 Å². The molecule has 0 spiro atoms. The molecule has 2 N–H and O–H groups in total. The molecule has 0 aromatic heterocycles. The van der Waals surface area contributed by atoms with Gasteiger partial charge in [0.15, 0.2) is 0 Å². The van der Waals surface area contributed by atoms with Gasteiger partial charge < -0.3 is 5.32 Å². The van der Waals surface area contributed by atoms with Crippen molar-refractivity contribution in [2.24, 2.45) is 5.92 Å². The van der Waals surface area contributed by atoms with Crippen LogP contribution in [-0.4, -0.2) is 46.4 Å². The maximum Gasteiger partial charge on any atom is 0.243 e. The quantitative estimate of drug-likeness (QED) is 0.661. The lowest BCUT2D eigenvalue weighted by Crippen LogP contribution is -2.41. The molecule has 3 rings (SSSR count). The van der Waals surface area contributed by atoms with Crippen molar-refractivity contribution < 1.29 is 21.6 Å². The van der Waals surface area contributed by atoms with Crippen molar-refractivity contribution in [3.05, 3.63) is 53.1 Å². The van der Waals surface area contributed by atoms with E-state index in [1.807, 2.05) is 13.8 Å². The van der Waals surface area contributed by atoms with Crippen LogP contribution in [0.4, 0.5) is 11.4 Å². The van der Waals surface area contributed by atoms with Crippen LogP contribution in [0.3, 0.4) is 0 Å². The molecule has 32 heavy (non-hydrogen) atoms. The van der Waals surface area contributed by atoms with Crippen LogP contribution in [0.1, 0.15) is 29.5 Å². The third-order valence-corrected chi connectivity index (χ3v) is 8.23. The van der Waals surface area contributed by atoms with Gasteiger partial charge in [0.05, 0.1) is 16.8 Å². The standard InChI is InChI=1S/C22H29N3O5S2/c1-15-6-8-20(13-17(15)3)32(29,30)25-11-9-18(10-12-25)22(26)23-19-7-5-16(2)21(14-19)24-31(4,27)28/h5-8,13-14,18,24H,9-12H2,1-4H3,(H,23,26). The Morgan fingerprint density at radius 3 is 2.12 bits per heavy atom. The molecule has 2 aromatic rings. The molecule has 10 heteroatoms. The van der Waals surface area contributed by atoms with Gasteiger partial charge in [0.1, 0.15) is 0 Å². The number of nitrogens with zero attached hydrogens (tertiary/aromatic N) is 1. The average molecular weight is 480 g/mol. The highest BCUT2D eigenvalue weighted by atomic mass is 32.2. The zero-order valence-corrected chi connectivity index (χ0v) is 20.3. The summed E-state index contributed by atoms with van der Waals surface area (Å²) in [6, 6.07) is 10.1. The van der Waals surface area contributed by atoms with E-state index < -0.39 is 20.0 Å². The minimum absolute atomic E-state index is 0.206. The second-order valence-electron chi connectivity index (χ2n) is 8.32. The van der Waals surface area contributed by atoms with Crippen LogP contribution in [0, 0.1) is 26.7 Å². The van der Waals surface area contributed by atoms with Crippen molar-refractivity contribution in [3.63, 3.8) is 0 Å². The molecule has 1 saturated heterocycles. The van der Waals surface area contributed by atoms with Crippen LogP contribution >= 0.6 is 0 Å². The Kier molecular flexibility index (Phi) is 6.97. The number of hydrogen-bond donors (Lipinski definition) is 2. The molecular weight excluding hydrogens is 450 g/mol. The summed E-state index contributed by atoms with van der Waals surface area (Å²) in [7, 11) is -7.04. The SMILES string of the molecule is Cc1ccc(S(=O)(=O)N2CCC(C(=O)Nc3ccc(C)c(NS(C)(=O)=O)c3)CC2)cc1C. The van der Waals surface area contributed by atoms with Crippen LogP contribution in [-0.2, 0) is 24.8 Å². The second-order valence-corrected chi connectivity index (χ2v) is 12.0. The number of hydrogen-bond acceptors (Lipinski definition) is 5. The number of benzene rings is 2. The molecule has 0 saturated carbocycles. The van der Waals surface area contributed by atoms with Crippen LogP contribution in [0.5, 0.6) is 0 Å². The first-order valence-electron chi connectivity index (χ1n) is 10.3. The Labute approximate surface area is 190 Å². The molecule has 174 valence electrons. The van der Waals surface area contributed by atoms with Gasteiger partial charge in [-0.3, -0.25) is 9.52 Å². The molecule has 2 aromatic carbocycles. The van der Waals surface area contributed by atoms with Crippen LogP contribution < -0.4 is 10.0 Å². The summed E-state index contributed by atoms with van der Waals surface area (Å²) in [4.78, 5) is 13.0. The van der Waals surface area contributed by atoms with Crippen molar-refractivity contribution in [1.29, 1.82) is 0 Å². The topological polar surface area (TPSA) is 113 Å². The molecule has 0 radical (unpaired) electrons. The Morgan fingerprint density at radius 1 is 0.906 bits per heavy atom. The Bertz CT molecular complexity index is 1230. The average Bonchev–Trinajstić information content (AvgIpc) is 2.71. The maximum absolute atomic E-state index is 13.0. The van der Waals surface area contributed by atoms with E-state index in [1.54, 1.807) is 43.3 Å². The predicted octanol–water partition coefficient (Wildman–Crippen LogP) is 3.02. The number of rotatable bonds is 6. The lowest BCUT2D eigenvalue weighted by atomic mass is 9.97. The lowest BCUT2D eigenvalue weighted by Gasteiger charge is -2.30. The third kappa shape index (κ3) is 5.67. The lowest BCUT2D eigenvalue weighted by molar-refractivity contribution is -0.120. The van der Waals surface area contributed by atoms with E-state index in [2.05, 4.69) is 10.0 Å². The van der Waals surface area contributed by atoms with E-state index in [9.17, 15) is 21.6 Å².